The van der Waals surface area contributed by atoms with Gasteiger partial charge in [-0.15, -0.1) is 0 Å². The predicted molar refractivity (Wildman–Crippen MR) is 187 cm³/mol. The standard InChI is InChI=1S/C36H47N5O9S/c1-5-49-28-17-23-11-7-9-13-26(23)31(37-28)50-25-18-27-30(42)39-36(33(44)40-51(47,48)35(4)14-15-35)19-24(36)12-8-6-10-21(2)16-22(3)29(38-34(45)46)32(43)41(27)20-25/h7-9,11-13,17,21-22,24-25,27,29,38H,5-6,10,14-16,18-20H2,1-4H3,(H,39,42)(H,40,44)(H,45,46)/b12-8-/t21-,22+,24+,25+,27-,29-,36+/m0/s1. The first kappa shape index (κ1) is 36.4. The number of benzene rings is 1. The highest BCUT2D eigenvalue weighted by Gasteiger charge is 2.63. The summed E-state index contributed by atoms with van der Waals surface area (Å²) in [6.07, 6.45) is 4.65. The number of allylic oxidation sites excluding steroid dienone is 1. The molecule has 3 heterocycles. The maximum absolute atomic E-state index is 14.4. The van der Waals surface area contributed by atoms with Crippen molar-refractivity contribution in [1.82, 2.24) is 25.2 Å². The molecule has 2 aromatic rings. The number of carbonyl (C=O) groups excluding carboxylic acids is 3. The van der Waals surface area contributed by atoms with Crippen molar-refractivity contribution < 1.29 is 42.2 Å². The lowest BCUT2D eigenvalue weighted by atomic mass is 9.88. The van der Waals surface area contributed by atoms with E-state index in [2.05, 4.69) is 20.3 Å². The molecule has 0 unspecified atom stereocenters. The predicted octanol–water partition coefficient (Wildman–Crippen LogP) is 3.50. The van der Waals surface area contributed by atoms with Crippen LogP contribution in [0.25, 0.3) is 10.8 Å². The van der Waals surface area contributed by atoms with Gasteiger partial charge in [0, 0.05) is 23.8 Å². The topological polar surface area (TPSA) is 193 Å². The largest absolute Gasteiger partial charge is 0.478 e. The molecule has 276 valence electrons. The Morgan fingerprint density at radius 3 is 2.61 bits per heavy atom. The Balaban J connectivity index is 1.35. The lowest BCUT2D eigenvalue weighted by Crippen LogP contribution is -2.59. The summed E-state index contributed by atoms with van der Waals surface area (Å²) >= 11 is 0. The normalized spacial score (nSPS) is 31.2. The summed E-state index contributed by atoms with van der Waals surface area (Å²) in [6, 6.07) is 6.92. The minimum Gasteiger partial charge on any atom is -0.478 e. The van der Waals surface area contributed by atoms with Crippen LogP contribution in [0.1, 0.15) is 72.6 Å². The zero-order valence-electron chi connectivity index (χ0n) is 29.4. The average Bonchev–Trinajstić information content (AvgIpc) is 3.95. The number of amides is 4. The van der Waals surface area contributed by atoms with Crippen molar-refractivity contribution in [3.8, 4) is 11.8 Å². The highest BCUT2D eigenvalue weighted by Crippen LogP contribution is 2.47. The maximum atomic E-state index is 14.4. The number of nitrogens with zero attached hydrogens (tertiary/aromatic N) is 2. The van der Waals surface area contributed by atoms with Gasteiger partial charge in [-0.3, -0.25) is 19.1 Å². The molecule has 2 aliphatic carbocycles. The molecule has 4 N–H and O–H groups in total. The van der Waals surface area contributed by atoms with Crippen LogP contribution in [0, 0.1) is 17.8 Å². The molecule has 0 radical (unpaired) electrons. The molecular formula is C36H47N5O9S. The second kappa shape index (κ2) is 14.0. The summed E-state index contributed by atoms with van der Waals surface area (Å²) in [6.45, 7) is 7.56. The molecule has 15 heteroatoms. The van der Waals surface area contributed by atoms with Gasteiger partial charge < -0.3 is 30.1 Å². The van der Waals surface area contributed by atoms with Gasteiger partial charge in [-0.05, 0) is 75.7 Å². The number of fused-ring (bicyclic) bond motifs is 3. The third-order valence-corrected chi connectivity index (χ3v) is 12.9. The van der Waals surface area contributed by atoms with Crippen LogP contribution in [0.2, 0.25) is 0 Å². The first-order valence-corrected chi connectivity index (χ1v) is 19.2. The maximum Gasteiger partial charge on any atom is 0.405 e. The Morgan fingerprint density at radius 2 is 1.90 bits per heavy atom. The molecule has 1 saturated heterocycles. The number of carboxylic acid groups (broad SMARTS) is 1. The molecule has 1 aromatic carbocycles. The van der Waals surface area contributed by atoms with Crippen LogP contribution in [0.3, 0.4) is 0 Å². The van der Waals surface area contributed by atoms with Crippen LogP contribution in [0.4, 0.5) is 4.79 Å². The summed E-state index contributed by atoms with van der Waals surface area (Å²) in [5.41, 5.74) is -1.54. The first-order valence-electron chi connectivity index (χ1n) is 17.7. The molecular weight excluding hydrogens is 678 g/mol. The van der Waals surface area contributed by atoms with E-state index in [0.717, 1.165) is 11.8 Å². The zero-order valence-corrected chi connectivity index (χ0v) is 30.2. The second-order valence-electron chi connectivity index (χ2n) is 14.8. The molecule has 0 spiro atoms. The number of hydrogen-bond donors (Lipinski definition) is 4. The van der Waals surface area contributed by atoms with Crippen LogP contribution in [0.5, 0.6) is 11.8 Å². The van der Waals surface area contributed by atoms with Crippen LogP contribution >= 0.6 is 0 Å². The molecule has 2 saturated carbocycles. The average molecular weight is 726 g/mol. The fraction of sp³-hybridized carbons (Fsp3) is 0.583. The van der Waals surface area contributed by atoms with Crippen molar-refractivity contribution in [3.05, 3.63) is 42.5 Å². The highest BCUT2D eigenvalue weighted by atomic mass is 32.2. The summed E-state index contributed by atoms with van der Waals surface area (Å²) in [4.78, 5) is 60.4. The number of carbonyl (C=O) groups is 4. The lowest BCUT2D eigenvalue weighted by Gasteiger charge is -2.32. The molecule has 4 amide bonds. The van der Waals surface area contributed by atoms with Gasteiger partial charge in [0.05, 0.1) is 17.9 Å². The number of rotatable bonds is 8. The van der Waals surface area contributed by atoms with E-state index < -0.39 is 74.1 Å². The number of ether oxygens (including phenoxy) is 2. The van der Waals surface area contributed by atoms with Crippen molar-refractivity contribution in [3.63, 3.8) is 0 Å². The third-order valence-electron chi connectivity index (χ3n) is 10.8. The van der Waals surface area contributed by atoms with Crippen LogP contribution in [0.15, 0.2) is 42.5 Å². The van der Waals surface area contributed by atoms with Crippen molar-refractivity contribution in [2.75, 3.05) is 13.2 Å². The Labute approximate surface area is 297 Å². The molecule has 3 fully saturated rings. The summed E-state index contributed by atoms with van der Waals surface area (Å²) in [7, 11) is -4.00. The minimum atomic E-state index is -4.00. The van der Waals surface area contributed by atoms with E-state index in [4.69, 9.17) is 9.47 Å². The number of nitrogens with one attached hydrogen (secondary N) is 3. The molecule has 7 atom stereocenters. The Hall–Kier alpha value is -4.40. The molecule has 6 rings (SSSR count). The van der Waals surface area contributed by atoms with Gasteiger partial charge in [0.15, 0.2) is 0 Å². The number of sulfonamides is 1. The molecule has 4 aliphatic rings. The van der Waals surface area contributed by atoms with Gasteiger partial charge in [-0.25, -0.2) is 13.2 Å². The summed E-state index contributed by atoms with van der Waals surface area (Å²) in [5, 5.41) is 16.5. The lowest BCUT2D eigenvalue weighted by molar-refractivity contribution is -0.142. The van der Waals surface area contributed by atoms with E-state index in [0.29, 0.717) is 43.6 Å². The Kier molecular flexibility index (Phi) is 9.96. The number of hydrogen-bond acceptors (Lipinski definition) is 9. The van der Waals surface area contributed by atoms with Crippen LogP contribution in [-0.2, 0) is 24.4 Å². The number of aromatic nitrogens is 1. The van der Waals surface area contributed by atoms with Gasteiger partial charge in [-0.2, -0.15) is 4.98 Å². The van der Waals surface area contributed by atoms with Gasteiger partial charge in [0.25, 0.3) is 5.91 Å². The monoisotopic (exact) mass is 725 g/mol. The van der Waals surface area contributed by atoms with E-state index in [1.165, 1.54) is 4.90 Å². The van der Waals surface area contributed by atoms with Gasteiger partial charge in [-0.1, -0.05) is 44.2 Å². The van der Waals surface area contributed by atoms with Crippen LogP contribution < -0.4 is 24.8 Å². The van der Waals surface area contributed by atoms with E-state index in [9.17, 15) is 32.7 Å². The van der Waals surface area contributed by atoms with Crippen molar-refractivity contribution >= 4 is 44.6 Å². The molecule has 51 heavy (non-hydrogen) atoms. The fourth-order valence-electron chi connectivity index (χ4n) is 7.34. The minimum absolute atomic E-state index is 0.00555. The van der Waals surface area contributed by atoms with Crippen molar-refractivity contribution in [2.45, 2.75) is 101 Å². The van der Waals surface area contributed by atoms with Crippen LogP contribution in [-0.4, -0.2) is 88.8 Å². The van der Waals surface area contributed by atoms with E-state index in [1.807, 2.05) is 57.2 Å². The van der Waals surface area contributed by atoms with Crippen molar-refractivity contribution in [2.24, 2.45) is 17.8 Å². The number of pyridine rings is 1. The Bertz CT molecular complexity index is 1850. The smallest absolute Gasteiger partial charge is 0.405 e. The van der Waals surface area contributed by atoms with E-state index >= 15 is 0 Å². The van der Waals surface area contributed by atoms with Gasteiger partial charge >= 0.3 is 6.09 Å². The summed E-state index contributed by atoms with van der Waals surface area (Å²) < 4.78 is 39.5. The molecule has 0 bridgehead atoms. The molecule has 14 nitrogen and oxygen atoms in total. The van der Waals surface area contributed by atoms with E-state index in [-0.39, 0.29) is 31.2 Å². The Morgan fingerprint density at radius 1 is 1.16 bits per heavy atom. The molecule has 1 aromatic heterocycles. The summed E-state index contributed by atoms with van der Waals surface area (Å²) in [5.74, 6) is -2.22. The SMILES string of the molecule is CCOc1cc2ccccc2c(O[C@@H]2C[C@H]3C(=O)N[C@]4(C(=O)NS(=O)(=O)C5(C)CC5)C[C@H]4/C=C\CC[C@H](C)C[C@@H](C)[C@H](NC(=O)O)C(=O)N3C2)n1. The fourth-order valence-corrected chi connectivity index (χ4v) is 8.65. The van der Waals surface area contributed by atoms with Gasteiger partial charge in [0.1, 0.15) is 23.7 Å². The second-order valence-corrected chi connectivity index (χ2v) is 17.0. The quantitative estimate of drug-likeness (QED) is 0.293. The highest BCUT2D eigenvalue weighted by molar-refractivity contribution is 7.91. The van der Waals surface area contributed by atoms with Crippen molar-refractivity contribution in [1.29, 1.82) is 0 Å². The first-order chi connectivity index (χ1) is 24.2. The third kappa shape index (κ3) is 7.49. The zero-order chi connectivity index (χ0) is 36.7. The molecule has 2 aliphatic heterocycles. The van der Waals surface area contributed by atoms with Gasteiger partial charge in [0.2, 0.25) is 33.6 Å². The van der Waals surface area contributed by atoms with E-state index in [1.54, 1.807) is 13.0 Å².